The van der Waals surface area contributed by atoms with Gasteiger partial charge < -0.3 is 10.2 Å². The Balaban J connectivity index is 1.62. The normalized spacial score (nSPS) is 55.8. The van der Waals surface area contributed by atoms with Crippen molar-refractivity contribution in [2.45, 2.75) is 110 Å². The van der Waals surface area contributed by atoms with Crippen LogP contribution in [0.4, 0.5) is 0 Å². The maximum absolute atomic E-state index is 10.8. The van der Waals surface area contributed by atoms with E-state index in [-0.39, 0.29) is 6.10 Å². The first-order valence-electron chi connectivity index (χ1n) is 11.6. The zero-order valence-corrected chi connectivity index (χ0v) is 17.6. The van der Waals surface area contributed by atoms with Crippen molar-refractivity contribution in [2.24, 2.45) is 40.4 Å². The van der Waals surface area contributed by atoms with Crippen molar-refractivity contribution in [1.82, 2.24) is 0 Å². The smallest absolute Gasteiger partial charge is 0.0622 e. The molecule has 4 aliphatic rings. The Morgan fingerprint density at radius 1 is 0.808 bits per heavy atom. The minimum atomic E-state index is -0.444. The molecule has 0 aromatic carbocycles. The Morgan fingerprint density at radius 3 is 2.27 bits per heavy atom. The summed E-state index contributed by atoms with van der Waals surface area (Å²) in [6.07, 6.45) is 13.7. The maximum Gasteiger partial charge on any atom is 0.0622 e. The Hall–Kier alpha value is -0.0800. The van der Waals surface area contributed by atoms with Gasteiger partial charge in [-0.15, -0.1) is 0 Å². The molecule has 0 heterocycles. The van der Waals surface area contributed by atoms with Crippen LogP contribution in [0.25, 0.3) is 0 Å². The van der Waals surface area contributed by atoms with Crippen LogP contribution in [0.1, 0.15) is 98.3 Å². The third-order valence-corrected chi connectivity index (χ3v) is 10.1. The summed E-state index contributed by atoms with van der Waals surface area (Å²) in [5, 5.41) is 21.3. The fourth-order valence-corrected chi connectivity index (χ4v) is 8.77. The summed E-state index contributed by atoms with van der Waals surface area (Å²) in [4.78, 5) is 0. The van der Waals surface area contributed by atoms with Crippen molar-refractivity contribution >= 4 is 0 Å². The summed E-state index contributed by atoms with van der Waals surface area (Å²) in [6, 6.07) is 0. The van der Waals surface area contributed by atoms with Crippen LogP contribution in [0, 0.1) is 40.4 Å². The van der Waals surface area contributed by atoms with Crippen molar-refractivity contribution in [3.05, 3.63) is 0 Å². The minimum absolute atomic E-state index is 0.153. The molecular weight excluding hydrogens is 320 g/mol. The molecule has 0 radical (unpaired) electrons. The molecule has 0 aliphatic heterocycles. The van der Waals surface area contributed by atoms with Crippen LogP contribution in [0.15, 0.2) is 0 Å². The van der Waals surface area contributed by atoms with Gasteiger partial charge in [-0.3, -0.25) is 0 Å². The highest BCUT2D eigenvalue weighted by molar-refractivity contribution is 5.08. The van der Waals surface area contributed by atoms with E-state index in [2.05, 4.69) is 20.8 Å². The molecule has 2 N–H and O–H groups in total. The van der Waals surface area contributed by atoms with Gasteiger partial charge in [-0.05, 0) is 112 Å². The number of aliphatic hydroxyl groups is 2. The highest BCUT2D eigenvalue weighted by atomic mass is 16.3. The van der Waals surface area contributed by atoms with Gasteiger partial charge in [0, 0.05) is 0 Å². The molecule has 4 fully saturated rings. The molecule has 9 atom stereocenters. The number of aliphatic hydroxyl groups excluding tert-OH is 1. The zero-order valence-electron chi connectivity index (χ0n) is 17.6. The molecule has 2 nitrogen and oxygen atoms in total. The van der Waals surface area contributed by atoms with E-state index in [9.17, 15) is 10.2 Å². The molecule has 150 valence electrons. The van der Waals surface area contributed by atoms with E-state index in [1.807, 2.05) is 6.92 Å². The molecule has 26 heavy (non-hydrogen) atoms. The van der Waals surface area contributed by atoms with Crippen LogP contribution in [-0.4, -0.2) is 21.9 Å². The van der Waals surface area contributed by atoms with Gasteiger partial charge in [0.25, 0.3) is 0 Å². The second-order valence-corrected chi connectivity index (χ2v) is 11.5. The van der Waals surface area contributed by atoms with Gasteiger partial charge in [-0.25, -0.2) is 0 Å². The maximum atomic E-state index is 10.8. The summed E-state index contributed by atoms with van der Waals surface area (Å²) >= 11 is 0. The van der Waals surface area contributed by atoms with E-state index in [1.54, 1.807) is 0 Å². The molecule has 0 aromatic heterocycles. The first-order chi connectivity index (χ1) is 12.2. The van der Waals surface area contributed by atoms with Crippen LogP contribution < -0.4 is 0 Å². The van der Waals surface area contributed by atoms with Crippen molar-refractivity contribution in [1.29, 1.82) is 0 Å². The molecule has 0 amide bonds. The molecule has 6 unspecified atom stereocenters. The van der Waals surface area contributed by atoms with Crippen LogP contribution in [0.3, 0.4) is 0 Å². The lowest BCUT2D eigenvalue weighted by Crippen LogP contribution is -2.56. The molecular formula is C24H42O2. The average molecular weight is 363 g/mol. The predicted molar refractivity (Wildman–Crippen MR) is 107 cm³/mol. The monoisotopic (exact) mass is 362 g/mol. The summed E-state index contributed by atoms with van der Waals surface area (Å²) in [5.74, 6) is 3.74. The predicted octanol–water partition coefficient (Wildman–Crippen LogP) is 5.56. The lowest BCUT2D eigenvalue weighted by atomic mass is 9.42. The Kier molecular flexibility index (Phi) is 4.79. The quantitative estimate of drug-likeness (QED) is 0.641. The topological polar surface area (TPSA) is 40.5 Å². The lowest BCUT2D eigenvalue weighted by Gasteiger charge is -2.63. The number of rotatable bonds is 1. The van der Waals surface area contributed by atoms with E-state index >= 15 is 0 Å². The Bertz CT molecular complexity index is 526. The number of hydrogen-bond acceptors (Lipinski definition) is 2. The number of fused-ring (bicyclic) bond motifs is 5. The minimum Gasteiger partial charge on any atom is -0.393 e. The van der Waals surface area contributed by atoms with Gasteiger partial charge in [0.05, 0.1) is 11.7 Å². The Labute approximate surface area is 161 Å². The second kappa shape index (κ2) is 6.48. The van der Waals surface area contributed by atoms with E-state index in [0.29, 0.717) is 22.7 Å². The van der Waals surface area contributed by atoms with Crippen molar-refractivity contribution in [2.75, 3.05) is 0 Å². The number of hydrogen-bond donors (Lipinski definition) is 2. The molecule has 0 spiro atoms. The van der Waals surface area contributed by atoms with Gasteiger partial charge in [-0.1, -0.05) is 26.7 Å². The average Bonchev–Trinajstić information content (AvgIpc) is 2.67. The zero-order chi connectivity index (χ0) is 18.7. The first-order valence-corrected chi connectivity index (χ1v) is 11.6. The molecule has 4 saturated carbocycles. The summed E-state index contributed by atoms with van der Waals surface area (Å²) in [7, 11) is 0. The highest BCUT2D eigenvalue weighted by Gasteiger charge is 2.59. The summed E-state index contributed by atoms with van der Waals surface area (Å²) < 4.78 is 0. The van der Waals surface area contributed by atoms with Gasteiger partial charge in [0.15, 0.2) is 0 Å². The molecule has 0 saturated heterocycles. The Morgan fingerprint density at radius 2 is 1.54 bits per heavy atom. The SMILES string of the molecule is CC(O)C1CCCC2[C@@H]3CCC4CC(C)(O)CCC[C@]4(C)C3CC[C@]12C. The third kappa shape index (κ3) is 2.89. The summed E-state index contributed by atoms with van der Waals surface area (Å²) in [6.45, 7) is 9.23. The van der Waals surface area contributed by atoms with E-state index in [4.69, 9.17) is 0 Å². The third-order valence-electron chi connectivity index (χ3n) is 10.1. The fraction of sp³-hybridized carbons (Fsp3) is 1.00. The van der Waals surface area contributed by atoms with Crippen LogP contribution in [-0.2, 0) is 0 Å². The van der Waals surface area contributed by atoms with Gasteiger partial charge in [0.2, 0.25) is 0 Å². The lowest BCUT2D eigenvalue weighted by molar-refractivity contribution is -0.151. The molecule has 4 aliphatic carbocycles. The van der Waals surface area contributed by atoms with Gasteiger partial charge in [0.1, 0.15) is 0 Å². The highest BCUT2D eigenvalue weighted by Crippen LogP contribution is 2.66. The largest absolute Gasteiger partial charge is 0.393 e. The van der Waals surface area contributed by atoms with E-state index < -0.39 is 5.60 Å². The van der Waals surface area contributed by atoms with E-state index in [0.717, 1.165) is 30.6 Å². The second-order valence-electron chi connectivity index (χ2n) is 11.5. The summed E-state index contributed by atoms with van der Waals surface area (Å²) in [5.41, 5.74) is 0.343. The molecule has 0 bridgehead atoms. The molecule has 2 heteroatoms. The molecule has 0 aromatic rings. The van der Waals surface area contributed by atoms with Gasteiger partial charge >= 0.3 is 0 Å². The van der Waals surface area contributed by atoms with Crippen molar-refractivity contribution in [3.8, 4) is 0 Å². The van der Waals surface area contributed by atoms with Crippen molar-refractivity contribution < 1.29 is 10.2 Å². The van der Waals surface area contributed by atoms with Crippen LogP contribution >= 0.6 is 0 Å². The van der Waals surface area contributed by atoms with Crippen molar-refractivity contribution in [3.63, 3.8) is 0 Å². The van der Waals surface area contributed by atoms with Crippen LogP contribution in [0.2, 0.25) is 0 Å². The van der Waals surface area contributed by atoms with Gasteiger partial charge in [-0.2, -0.15) is 0 Å². The van der Waals surface area contributed by atoms with Crippen LogP contribution in [0.5, 0.6) is 0 Å². The standard InChI is InChI=1S/C24H42O2/c1-16(25)19-7-5-8-20-18-10-9-17-15-22(2,26)12-6-13-23(17,3)21(18)11-14-24(19,20)4/h16-21,25-26H,5-15H2,1-4H3/t16?,17?,18-,19?,20?,21?,22?,23-,24+/m0/s1. The van der Waals surface area contributed by atoms with E-state index in [1.165, 1.54) is 57.8 Å². The fourth-order valence-electron chi connectivity index (χ4n) is 8.77. The first kappa shape index (κ1) is 19.2. The molecule has 4 rings (SSSR count).